The summed E-state index contributed by atoms with van der Waals surface area (Å²) < 4.78 is 0. The van der Waals surface area contributed by atoms with Crippen LogP contribution in [0.1, 0.15) is 39.9 Å². The van der Waals surface area contributed by atoms with Crippen LogP contribution in [0.4, 0.5) is 0 Å². The number of fused-ring (bicyclic) bond motifs is 2. The van der Waals surface area contributed by atoms with Gasteiger partial charge in [-0.15, -0.1) is 0 Å². The minimum atomic E-state index is -0.313. The third kappa shape index (κ3) is 1.93. The standard InChI is InChI=1S/C21H16N2O/c1-12-7-9-14(10-8-12)18-17(11-22)13(2)23-20-15-5-3-4-6-16(15)21(24)19(18)20/h3-10,18,23H,1-2H3/t18-/m0/s1. The molecule has 0 amide bonds. The van der Waals surface area contributed by atoms with Crippen LogP contribution in [0.15, 0.2) is 65.4 Å². The Morgan fingerprint density at radius 3 is 2.33 bits per heavy atom. The van der Waals surface area contributed by atoms with E-state index in [4.69, 9.17) is 0 Å². The van der Waals surface area contributed by atoms with Crippen molar-refractivity contribution >= 4 is 11.5 Å². The summed E-state index contributed by atoms with van der Waals surface area (Å²) in [5.74, 6) is -0.300. The smallest absolute Gasteiger partial charge is 0.192 e. The molecule has 2 aliphatic rings. The highest BCUT2D eigenvalue weighted by Gasteiger charge is 2.40. The monoisotopic (exact) mass is 312 g/mol. The van der Waals surface area contributed by atoms with Gasteiger partial charge in [0.25, 0.3) is 0 Å². The number of dihydropyridines is 1. The molecule has 3 nitrogen and oxygen atoms in total. The zero-order chi connectivity index (χ0) is 16.8. The number of Topliss-reactive ketones (excluding diaryl/α,β-unsaturated/α-hetero) is 1. The molecule has 2 aromatic rings. The number of carbonyl (C=O) groups is 1. The number of hydrogen-bond acceptors (Lipinski definition) is 3. The van der Waals surface area contributed by atoms with Gasteiger partial charge in [0.2, 0.25) is 0 Å². The lowest BCUT2D eigenvalue weighted by molar-refractivity contribution is 0.103. The zero-order valence-corrected chi connectivity index (χ0v) is 13.6. The number of nitrogens with one attached hydrogen (secondary N) is 1. The van der Waals surface area contributed by atoms with Gasteiger partial charge in [0.15, 0.2) is 5.78 Å². The number of hydrogen-bond donors (Lipinski definition) is 1. The van der Waals surface area contributed by atoms with Gasteiger partial charge in [-0.1, -0.05) is 54.1 Å². The first kappa shape index (κ1) is 14.5. The van der Waals surface area contributed by atoms with Crippen LogP contribution in [0.2, 0.25) is 0 Å². The maximum atomic E-state index is 13.0. The van der Waals surface area contributed by atoms with Crippen LogP contribution in [0.25, 0.3) is 5.70 Å². The Hall–Kier alpha value is -3.12. The fourth-order valence-electron chi connectivity index (χ4n) is 3.57. The molecule has 0 saturated carbocycles. The molecule has 4 rings (SSSR count). The van der Waals surface area contributed by atoms with E-state index in [0.717, 1.165) is 28.1 Å². The number of allylic oxidation sites excluding steroid dienone is 3. The first-order valence-corrected chi connectivity index (χ1v) is 7.94. The van der Waals surface area contributed by atoms with Crippen LogP contribution in [0.5, 0.6) is 0 Å². The number of aryl methyl sites for hydroxylation is 1. The Kier molecular flexibility index (Phi) is 3.14. The van der Waals surface area contributed by atoms with Crippen molar-refractivity contribution in [3.05, 3.63) is 87.6 Å². The SMILES string of the molecule is CC1=C(C#N)[C@H](c2ccc(C)cc2)C2=C(N1)c1ccccc1C2=O. The van der Waals surface area contributed by atoms with Crippen LogP contribution in [0.3, 0.4) is 0 Å². The van der Waals surface area contributed by atoms with Crippen LogP contribution in [0, 0.1) is 18.3 Å². The average molecular weight is 312 g/mol. The summed E-state index contributed by atoms with van der Waals surface area (Å²) in [5.41, 5.74) is 6.71. The number of nitrogens with zero attached hydrogens (tertiary/aromatic N) is 1. The lowest BCUT2D eigenvalue weighted by atomic mass is 9.80. The molecule has 1 atom stereocenters. The van der Waals surface area contributed by atoms with E-state index < -0.39 is 0 Å². The Balaban J connectivity index is 1.95. The number of rotatable bonds is 1. The molecule has 0 aromatic heterocycles. The van der Waals surface area contributed by atoms with Crippen molar-refractivity contribution in [1.29, 1.82) is 5.26 Å². The van der Waals surface area contributed by atoms with Gasteiger partial charge < -0.3 is 5.32 Å². The fraction of sp³-hybridized carbons (Fsp3) is 0.143. The predicted molar refractivity (Wildman–Crippen MR) is 93.1 cm³/mol. The lowest BCUT2D eigenvalue weighted by Crippen LogP contribution is -2.24. The highest BCUT2D eigenvalue weighted by Crippen LogP contribution is 2.46. The third-order valence-corrected chi connectivity index (χ3v) is 4.78. The Morgan fingerprint density at radius 1 is 1.00 bits per heavy atom. The van der Waals surface area contributed by atoms with Gasteiger partial charge in [-0.05, 0) is 19.4 Å². The molecule has 1 heterocycles. The zero-order valence-electron chi connectivity index (χ0n) is 13.6. The normalized spacial score (nSPS) is 18.9. The minimum Gasteiger partial charge on any atom is -0.357 e. The first-order chi connectivity index (χ1) is 11.6. The molecule has 0 unspecified atom stereocenters. The predicted octanol–water partition coefficient (Wildman–Crippen LogP) is 4.09. The van der Waals surface area contributed by atoms with Gasteiger partial charge in [0.05, 0.1) is 23.3 Å². The summed E-state index contributed by atoms with van der Waals surface area (Å²) in [6, 6.07) is 18.0. The van der Waals surface area contributed by atoms with Crippen molar-refractivity contribution in [2.24, 2.45) is 0 Å². The van der Waals surface area contributed by atoms with Crippen molar-refractivity contribution in [2.75, 3.05) is 0 Å². The van der Waals surface area contributed by atoms with Crippen LogP contribution in [-0.4, -0.2) is 5.78 Å². The molecule has 2 aromatic carbocycles. The van der Waals surface area contributed by atoms with Gasteiger partial charge in [-0.25, -0.2) is 0 Å². The third-order valence-electron chi connectivity index (χ3n) is 4.78. The van der Waals surface area contributed by atoms with Gasteiger partial charge in [0, 0.05) is 22.4 Å². The van der Waals surface area contributed by atoms with Crippen LogP contribution in [-0.2, 0) is 0 Å². The number of carbonyl (C=O) groups excluding carboxylic acids is 1. The van der Waals surface area contributed by atoms with E-state index >= 15 is 0 Å². The number of ketones is 1. The molecule has 0 fully saturated rings. The maximum Gasteiger partial charge on any atom is 0.192 e. The number of nitriles is 1. The quantitative estimate of drug-likeness (QED) is 0.863. The molecule has 1 aliphatic carbocycles. The highest BCUT2D eigenvalue weighted by molar-refractivity contribution is 6.22. The van der Waals surface area contributed by atoms with Crippen molar-refractivity contribution in [1.82, 2.24) is 5.32 Å². The molecular formula is C21H16N2O. The van der Waals surface area contributed by atoms with Crippen molar-refractivity contribution in [2.45, 2.75) is 19.8 Å². The lowest BCUT2D eigenvalue weighted by Gasteiger charge is -2.27. The Morgan fingerprint density at radius 2 is 1.67 bits per heavy atom. The number of benzene rings is 2. The second-order valence-corrected chi connectivity index (χ2v) is 6.28. The summed E-state index contributed by atoms with van der Waals surface area (Å²) in [6.07, 6.45) is 0. The summed E-state index contributed by atoms with van der Waals surface area (Å²) in [5, 5.41) is 13.0. The molecule has 24 heavy (non-hydrogen) atoms. The summed E-state index contributed by atoms with van der Waals surface area (Å²) in [4.78, 5) is 13.0. The summed E-state index contributed by atoms with van der Waals surface area (Å²) in [6.45, 7) is 3.93. The van der Waals surface area contributed by atoms with Gasteiger partial charge in [-0.2, -0.15) is 5.26 Å². The van der Waals surface area contributed by atoms with E-state index in [1.54, 1.807) is 0 Å². The second-order valence-electron chi connectivity index (χ2n) is 6.28. The molecule has 0 bridgehead atoms. The Labute approximate surface area is 140 Å². The fourth-order valence-corrected chi connectivity index (χ4v) is 3.57. The van der Waals surface area contributed by atoms with E-state index in [9.17, 15) is 10.1 Å². The molecule has 0 radical (unpaired) electrons. The van der Waals surface area contributed by atoms with E-state index in [1.807, 2.05) is 62.4 Å². The van der Waals surface area contributed by atoms with Gasteiger partial charge in [-0.3, -0.25) is 4.79 Å². The maximum absolute atomic E-state index is 13.0. The second kappa shape index (κ2) is 5.21. The Bertz CT molecular complexity index is 972. The summed E-state index contributed by atoms with van der Waals surface area (Å²) >= 11 is 0. The highest BCUT2D eigenvalue weighted by atomic mass is 16.1. The van der Waals surface area contributed by atoms with E-state index in [2.05, 4.69) is 11.4 Å². The van der Waals surface area contributed by atoms with Crippen LogP contribution < -0.4 is 5.32 Å². The van der Waals surface area contributed by atoms with Crippen molar-refractivity contribution in [3.63, 3.8) is 0 Å². The van der Waals surface area contributed by atoms with E-state index in [-0.39, 0.29) is 11.7 Å². The minimum absolute atomic E-state index is 0.0129. The van der Waals surface area contributed by atoms with Crippen molar-refractivity contribution < 1.29 is 4.79 Å². The van der Waals surface area contributed by atoms with E-state index in [1.165, 1.54) is 0 Å². The van der Waals surface area contributed by atoms with E-state index in [0.29, 0.717) is 16.7 Å². The molecular weight excluding hydrogens is 296 g/mol. The molecule has 116 valence electrons. The molecule has 1 aliphatic heterocycles. The summed E-state index contributed by atoms with van der Waals surface area (Å²) in [7, 11) is 0. The molecule has 3 heteroatoms. The molecule has 1 N–H and O–H groups in total. The average Bonchev–Trinajstić information content (AvgIpc) is 2.87. The van der Waals surface area contributed by atoms with Crippen molar-refractivity contribution in [3.8, 4) is 6.07 Å². The largest absolute Gasteiger partial charge is 0.357 e. The molecule has 0 spiro atoms. The van der Waals surface area contributed by atoms with Gasteiger partial charge in [0.1, 0.15) is 0 Å². The molecule has 0 saturated heterocycles. The topological polar surface area (TPSA) is 52.9 Å². The van der Waals surface area contributed by atoms with Crippen LogP contribution >= 0.6 is 0 Å². The van der Waals surface area contributed by atoms with Gasteiger partial charge >= 0.3 is 0 Å². The first-order valence-electron chi connectivity index (χ1n) is 7.94.